The number of carbonyl (C=O) groups is 2. The van der Waals surface area contributed by atoms with Crippen LogP contribution in [0.4, 0.5) is 21.6 Å². The van der Waals surface area contributed by atoms with Crippen LogP contribution < -0.4 is 25.0 Å². The van der Waals surface area contributed by atoms with Crippen LogP contribution in [0.2, 0.25) is 0 Å². The first-order chi connectivity index (χ1) is 21.7. The Balaban J connectivity index is 1.40. The second-order valence-electron chi connectivity index (χ2n) is 10.6. The number of nitrogens with zero attached hydrogens (tertiary/aromatic N) is 5. The van der Waals surface area contributed by atoms with Gasteiger partial charge in [-0.25, -0.2) is 23.7 Å². The van der Waals surface area contributed by atoms with Crippen LogP contribution in [0.25, 0.3) is 16.9 Å². The Morgan fingerprint density at radius 2 is 1.84 bits per heavy atom. The highest BCUT2D eigenvalue weighted by Gasteiger charge is 2.39. The van der Waals surface area contributed by atoms with Crippen LogP contribution in [0.1, 0.15) is 33.0 Å². The number of hydrogen-bond acceptors (Lipinski definition) is 9. The Labute approximate surface area is 257 Å². The zero-order valence-electron chi connectivity index (χ0n) is 24.7. The average Bonchev–Trinajstić information content (AvgIpc) is 3.56. The van der Waals surface area contributed by atoms with Crippen LogP contribution in [-0.4, -0.2) is 70.0 Å². The molecule has 45 heavy (non-hydrogen) atoms. The van der Waals surface area contributed by atoms with Crippen LogP contribution in [-0.2, 0) is 6.54 Å². The Morgan fingerprint density at radius 1 is 1.09 bits per heavy atom. The number of alkyl halides is 1. The molecule has 1 aliphatic carbocycles. The van der Waals surface area contributed by atoms with Gasteiger partial charge in [0.25, 0.3) is 5.91 Å². The largest absolute Gasteiger partial charge is 0.497 e. The number of rotatable bonds is 11. The van der Waals surface area contributed by atoms with E-state index in [0.29, 0.717) is 46.4 Å². The van der Waals surface area contributed by atoms with Gasteiger partial charge in [-0.2, -0.15) is 0 Å². The maximum atomic E-state index is 13.6. The smallest absolute Gasteiger partial charge is 0.354 e. The van der Waals surface area contributed by atoms with Crippen molar-refractivity contribution in [2.45, 2.75) is 25.2 Å². The molecule has 0 unspecified atom stereocenters. The van der Waals surface area contributed by atoms with Gasteiger partial charge in [-0.05, 0) is 42.0 Å². The van der Waals surface area contributed by atoms with Crippen molar-refractivity contribution in [1.29, 1.82) is 0 Å². The minimum atomic E-state index is -1.14. The number of para-hydroxylation sites is 1. The van der Waals surface area contributed by atoms with Crippen molar-refractivity contribution in [2.75, 3.05) is 31.5 Å². The number of carbonyl (C=O) groups excluding carboxylic acids is 1. The van der Waals surface area contributed by atoms with Gasteiger partial charge in [-0.1, -0.05) is 24.3 Å². The fraction of sp³-hybridized carbons (Fsp3) is 0.219. The molecule has 3 aromatic heterocycles. The average molecular weight is 612 g/mol. The summed E-state index contributed by atoms with van der Waals surface area (Å²) in [7, 11) is 5.02. The summed E-state index contributed by atoms with van der Waals surface area (Å²) in [6, 6.07) is 19.0. The first-order valence-corrected chi connectivity index (χ1v) is 14.1. The molecule has 1 amide bonds. The Bertz CT molecular complexity index is 1900. The highest BCUT2D eigenvalue weighted by molar-refractivity contribution is 5.94. The normalized spacial score (nSPS) is 15.4. The molecule has 3 N–H and O–H groups in total. The van der Waals surface area contributed by atoms with Gasteiger partial charge in [0.05, 0.1) is 43.5 Å². The second kappa shape index (κ2) is 12.1. The number of ether oxygens (including phenoxy) is 2. The Morgan fingerprint density at radius 3 is 2.53 bits per heavy atom. The quantitative estimate of drug-likeness (QED) is 0.192. The van der Waals surface area contributed by atoms with E-state index in [1.807, 2.05) is 36.2 Å². The van der Waals surface area contributed by atoms with E-state index in [1.54, 1.807) is 43.5 Å². The number of fused-ring (bicyclic) bond motifs is 1. The fourth-order valence-electron chi connectivity index (χ4n) is 4.99. The number of amides is 1. The summed E-state index contributed by atoms with van der Waals surface area (Å²) < 4.78 is 26.1. The van der Waals surface area contributed by atoms with Crippen molar-refractivity contribution >= 4 is 34.7 Å². The summed E-state index contributed by atoms with van der Waals surface area (Å²) in [5.74, 6) is -0.101. The lowest BCUT2D eigenvalue weighted by molar-refractivity contribution is 0.0690. The third-order valence-corrected chi connectivity index (χ3v) is 7.43. The summed E-state index contributed by atoms with van der Waals surface area (Å²) in [6.07, 6.45) is 0.637. The molecular formula is C32H30FN7O5. The Kier molecular flexibility index (Phi) is 7.90. The highest BCUT2D eigenvalue weighted by Crippen LogP contribution is 2.38. The lowest BCUT2D eigenvalue weighted by Crippen LogP contribution is -2.28. The SMILES string of the molecule is COc1ccc(CN(C)c2cc(Nc3cccc(-c4cccc(C(=O)O)n4)c3OC)nn3c(C(=O)N[C@@H]4C[C@@H]4F)cnc23)cc1. The molecule has 0 radical (unpaired) electrons. The summed E-state index contributed by atoms with van der Waals surface area (Å²) >= 11 is 0. The van der Waals surface area contributed by atoms with Gasteiger partial charge >= 0.3 is 5.97 Å². The molecule has 5 aromatic rings. The predicted octanol–water partition coefficient (Wildman–Crippen LogP) is 4.73. The second-order valence-corrected chi connectivity index (χ2v) is 10.6. The molecule has 0 saturated heterocycles. The number of hydrogen-bond donors (Lipinski definition) is 3. The number of methoxy groups -OCH3 is 2. The predicted molar refractivity (Wildman–Crippen MR) is 165 cm³/mol. The number of aromatic nitrogens is 4. The molecule has 230 valence electrons. The molecule has 2 atom stereocenters. The van der Waals surface area contributed by atoms with Crippen molar-refractivity contribution in [2.24, 2.45) is 0 Å². The van der Waals surface area contributed by atoms with Gasteiger partial charge in [0.15, 0.2) is 22.9 Å². The summed E-state index contributed by atoms with van der Waals surface area (Å²) in [5, 5.41) is 20.1. The van der Waals surface area contributed by atoms with Crippen molar-refractivity contribution in [1.82, 2.24) is 24.9 Å². The number of aromatic carboxylic acids is 1. The van der Waals surface area contributed by atoms with E-state index >= 15 is 0 Å². The first-order valence-electron chi connectivity index (χ1n) is 14.1. The van der Waals surface area contributed by atoms with E-state index in [-0.39, 0.29) is 17.8 Å². The van der Waals surface area contributed by atoms with Gasteiger partial charge in [-0.15, -0.1) is 5.10 Å². The molecule has 6 rings (SSSR count). The number of benzene rings is 2. The van der Waals surface area contributed by atoms with Crippen molar-refractivity contribution in [3.63, 3.8) is 0 Å². The molecule has 1 fully saturated rings. The highest BCUT2D eigenvalue weighted by atomic mass is 19.1. The number of imidazole rings is 1. The van der Waals surface area contributed by atoms with E-state index in [9.17, 15) is 19.1 Å². The van der Waals surface area contributed by atoms with E-state index < -0.39 is 24.1 Å². The van der Waals surface area contributed by atoms with E-state index in [2.05, 4.69) is 25.7 Å². The minimum absolute atomic E-state index is 0.0965. The molecular weight excluding hydrogens is 581 g/mol. The standard InChI is InChI=1S/C32H30FN7O5/c1-39(17-18-10-12-19(44-2)13-11-18)26-15-28(38-40-27(16-34-30(26)40)31(41)37-25-14-21(25)33)36-23-8-4-6-20(29(23)45-3)22-7-5-9-24(35-22)32(42)43/h4-13,15-16,21,25H,14,17H2,1-3H3,(H,36,38)(H,37,41)(H,42,43)/t21-,25+/m0/s1. The zero-order chi connectivity index (χ0) is 31.7. The number of carboxylic acids is 1. The number of carboxylic acid groups (broad SMARTS) is 1. The Hall–Kier alpha value is -5.72. The summed E-state index contributed by atoms with van der Waals surface area (Å²) in [6.45, 7) is 0.507. The summed E-state index contributed by atoms with van der Waals surface area (Å²) in [4.78, 5) is 35.4. The van der Waals surface area contributed by atoms with Gasteiger partial charge in [0, 0.05) is 31.6 Å². The number of anilines is 3. The monoisotopic (exact) mass is 611 g/mol. The topological polar surface area (TPSA) is 143 Å². The lowest BCUT2D eigenvalue weighted by Gasteiger charge is -2.22. The molecule has 0 aliphatic heterocycles. The van der Waals surface area contributed by atoms with E-state index in [4.69, 9.17) is 9.47 Å². The third-order valence-electron chi connectivity index (χ3n) is 7.43. The van der Waals surface area contributed by atoms with Gasteiger partial charge in [0.1, 0.15) is 17.6 Å². The van der Waals surface area contributed by atoms with Crippen LogP contribution in [0.5, 0.6) is 11.5 Å². The maximum absolute atomic E-state index is 13.6. The molecule has 2 aromatic carbocycles. The minimum Gasteiger partial charge on any atom is -0.497 e. The van der Waals surface area contributed by atoms with Crippen molar-refractivity contribution in [3.05, 3.63) is 89.9 Å². The van der Waals surface area contributed by atoms with Crippen LogP contribution >= 0.6 is 0 Å². The fourth-order valence-corrected chi connectivity index (χ4v) is 4.99. The third kappa shape index (κ3) is 6.05. The van der Waals surface area contributed by atoms with Crippen LogP contribution in [0.15, 0.2) is 72.9 Å². The molecule has 0 bridgehead atoms. The van der Waals surface area contributed by atoms with Gasteiger partial charge in [-0.3, -0.25) is 4.79 Å². The van der Waals surface area contributed by atoms with E-state index in [0.717, 1.165) is 11.3 Å². The van der Waals surface area contributed by atoms with Crippen molar-refractivity contribution in [3.8, 4) is 22.8 Å². The summed E-state index contributed by atoms with van der Waals surface area (Å²) in [5.41, 5.74) is 3.68. The molecule has 13 heteroatoms. The molecule has 12 nitrogen and oxygen atoms in total. The van der Waals surface area contributed by atoms with E-state index in [1.165, 1.54) is 23.9 Å². The maximum Gasteiger partial charge on any atom is 0.354 e. The number of pyridine rings is 1. The first kappa shape index (κ1) is 29.4. The van der Waals surface area contributed by atoms with Gasteiger partial charge in [0.2, 0.25) is 0 Å². The van der Waals surface area contributed by atoms with Gasteiger partial charge < -0.3 is 30.1 Å². The zero-order valence-corrected chi connectivity index (χ0v) is 24.7. The molecule has 1 aliphatic rings. The van der Waals surface area contributed by atoms with Crippen LogP contribution in [0.3, 0.4) is 0 Å². The molecule has 1 saturated carbocycles. The molecule has 3 heterocycles. The van der Waals surface area contributed by atoms with Crippen molar-refractivity contribution < 1.29 is 28.6 Å². The number of halogens is 1. The molecule has 0 spiro atoms. The lowest BCUT2D eigenvalue weighted by atomic mass is 10.1. The number of nitrogens with one attached hydrogen (secondary N) is 2. The van der Waals surface area contributed by atoms with Crippen LogP contribution in [0, 0.1) is 0 Å².